The molecule has 2 aromatic rings. The minimum atomic E-state index is -0.793. The van der Waals surface area contributed by atoms with Crippen molar-refractivity contribution in [3.8, 4) is 0 Å². The number of benzene rings is 2. The summed E-state index contributed by atoms with van der Waals surface area (Å²) in [5.41, 5.74) is 2.45. The zero-order valence-corrected chi connectivity index (χ0v) is 12.0. The Balaban J connectivity index is 2.25. The van der Waals surface area contributed by atoms with Gasteiger partial charge in [0.2, 0.25) is 5.82 Å². The summed E-state index contributed by atoms with van der Waals surface area (Å²) in [6.07, 6.45) is 0. The van der Waals surface area contributed by atoms with Crippen LogP contribution in [0.1, 0.15) is 18.1 Å². The van der Waals surface area contributed by atoms with Crippen LogP contribution < -0.4 is 4.90 Å². The second-order valence-electron chi connectivity index (χ2n) is 4.84. The van der Waals surface area contributed by atoms with E-state index in [0.717, 1.165) is 17.8 Å². The van der Waals surface area contributed by atoms with E-state index in [1.54, 1.807) is 6.07 Å². The fourth-order valence-electron chi connectivity index (χ4n) is 2.30. The largest absolute Gasteiger partial charge is 0.367 e. The van der Waals surface area contributed by atoms with E-state index in [4.69, 9.17) is 0 Å². The summed E-state index contributed by atoms with van der Waals surface area (Å²) in [5.74, 6) is -0.793. The fraction of sp³-hybridized carbons (Fsp3) is 0.250. The number of rotatable bonds is 5. The first-order valence-corrected chi connectivity index (χ1v) is 6.76. The number of hydrogen-bond donors (Lipinski definition) is 0. The number of nitrogens with zero attached hydrogens (tertiary/aromatic N) is 2. The monoisotopic (exact) mass is 288 g/mol. The molecule has 0 spiro atoms. The molecule has 110 valence electrons. The van der Waals surface area contributed by atoms with Crippen molar-refractivity contribution in [2.45, 2.75) is 20.4 Å². The number of aryl methyl sites for hydroxylation is 1. The van der Waals surface area contributed by atoms with Crippen LogP contribution in [0.3, 0.4) is 0 Å². The van der Waals surface area contributed by atoms with Gasteiger partial charge in [-0.1, -0.05) is 24.3 Å². The third-order valence-corrected chi connectivity index (χ3v) is 3.42. The first-order chi connectivity index (χ1) is 10.0. The van der Waals surface area contributed by atoms with Gasteiger partial charge in [0.25, 0.3) is 0 Å². The molecule has 2 aromatic carbocycles. The van der Waals surface area contributed by atoms with Gasteiger partial charge < -0.3 is 4.90 Å². The Labute approximate surface area is 123 Å². The molecule has 0 aliphatic rings. The summed E-state index contributed by atoms with van der Waals surface area (Å²) in [6.45, 7) is 5.32. The Bertz CT molecular complexity index is 658. The topological polar surface area (TPSA) is 46.4 Å². The molecule has 0 unspecified atom stereocenters. The molecule has 0 fully saturated rings. The van der Waals surface area contributed by atoms with Gasteiger partial charge in [-0.2, -0.15) is 4.39 Å². The van der Waals surface area contributed by atoms with Crippen LogP contribution in [0.4, 0.5) is 15.8 Å². The van der Waals surface area contributed by atoms with Crippen LogP contribution in [0.5, 0.6) is 0 Å². The molecule has 0 heterocycles. The zero-order valence-electron chi connectivity index (χ0n) is 12.0. The summed E-state index contributed by atoms with van der Waals surface area (Å²) in [7, 11) is 0. The molecule has 0 aromatic heterocycles. The maximum atomic E-state index is 13.7. The molecule has 0 N–H and O–H groups in total. The second-order valence-corrected chi connectivity index (χ2v) is 4.84. The minimum absolute atomic E-state index is 0.488. The molecule has 5 heteroatoms. The highest BCUT2D eigenvalue weighted by Gasteiger charge is 2.15. The summed E-state index contributed by atoms with van der Waals surface area (Å²) in [6, 6.07) is 12.0. The van der Waals surface area contributed by atoms with Crippen LogP contribution in [0.2, 0.25) is 0 Å². The minimum Gasteiger partial charge on any atom is -0.367 e. The van der Waals surface area contributed by atoms with E-state index in [9.17, 15) is 14.5 Å². The average Bonchev–Trinajstić information content (AvgIpc) is 2.45. The van der Waals surface area contributed by atoms with Gasteiger partial charge in [0, 0.05) is 24.8 Å². The summed E-state index contributed by atoms with van der Waals surface area (Å²) in [4.78, 5) is 12.0. The van der Waals surface area contributed by atoms with Crippen LogP contribution in [0.25, 0.3) is 0 Å². The average molecular weight is 288 g/mol. The first-order valence-electron chi connectivity index (χ1n) is 6.76. The molecule has 0 saturated carbocycles. The van der Waals surface area contributed by atoms with Crippen molar-refractivity contribution in [1.29, 1.82) is 0 Å². The fourth-order valence-corrected chi connectivity index (χ4v) is 2.30. The van der Waals surface area contributed by atoms with Gasteiger partial charge in [0.05, 0.1) is 4.92 Å². The van der Waals surface area contributed by atoms with E-state index >= 15 is 0 Å². The van der Waals surface area contributed by atoms with E-state index in [1.807, 2.05) is 38.1 Å². The third kappa shape index (κ3) is 3.37. The van der Waals surface area contributed by atoms with Gasteiger partial charge in [-0.25, -0.2) is 0 Å². The normalized spacial score (nSPS) is 10.4. The Morgan fingerprint density at radius 2 is 1.95 bits per heavy atom. The van der Waals surface area contributed by atoms with Crippen molar-refractivity contribution in [1.82, 2.24) is 0 Å². The lowest BCUT2D eigenvalue weighted by molar-refractivity contribution is -0.387. The standard InChI is InChI=1S/C16H17FN2O2/c1-3-18(15-7-5-4-6-12(15)2)11-13-8-9-16(19(20)21)14(17)10-13/h4-10H,3,11H2,1-2H3. The molecular weight excluding hydrogens is 271 g/mol. The quantitative estimate of drug-likeness (QED) is 0.615. The summed E-state index contributed by atoms with van der Waals surface area (Å²) >= 11 is 0. The van der Waals surface area contributed by atoms with Crippen LogP contribution >= 0.6 is 0 Å². The lowest BCUT2D eigenvalue weighted by Crippen LogP contribution is -2.22. The molecule has 4 nitrogen and oxygen atoms in total. The highest BCUT2D eigenvalue weighted by Crippen LogP contribution is 2.23. The van der Waals surface area contributed by atoms with Gasteiger partial charge in [-0.3, -0.25) is 10.1 Å². The van der Waals surface area contributed by atoms with Crippen LogP contribution in [0, 0.1) is 22.9 Å². The Kier molecular flexibility index (Phi) is 4.52. The molecule has 0 radical (unpaired) electrons. The highest BCUT2D eigenvalue weighted by atomic mass is 19.1. The van der Waals surface area contributed by atoms with Crippen molar-refractivity contribution in [2.24, 2.45) is 0 Å². The molecule has 0 aliphatic heterocycles. The molecule has 0 atom stereocenters. The van der Waals surface area contributed by atoms with Crippen molar-refractivity contribution < 1.29 is 9.31 Å². The number of halogens is 1. The van der Waals surface area contributed by atoms with Gasteiger partial charge in [-0.05, 0) is 37.1 Å². The van der Waals surface area contributed by atoms with Crippen molar-refractivity contribution in [3.63, 3.8) is 0 Å². The Morgan fingerprint density at radius 3 is 2.52 bits per heavy atom. The molecule has 0 aliphatic carbocycles. The van der Waals surface area contributed by atoms with E-state index < -0.39 is 16.4 Å². The number of anilines is 1. The number of para-hydroxylation sites is 1. The van der Waals surface area contributed by atoms with Gasteiger partial charge in [0.15, 0.2) is 0 Å². The van der Waals surface area contributed by atoms with Gasteiger partial charge in [0.1, 0.15) is 0 Å². The van der Waals surface area contributed by atoms with E-state index in [-0.39, 0.29) is 0 Å². The maximum Gasteiger partial charge on any atom is 0.304 e. The smallest absolute Gasteiger partial charge is 0.304 e. The molecule has 0 amide bonds. The van der Waals surface area contributed by atoms with Crippen molar-refractivity contribution in [2.75, 3.05) is 11.4 Å². The van der Waals surface area contributed by atoms with Crippen molar-refractivity contribution in [3.05, 3.63) is 69.5 Å². The number of hydrogen-bond acceptors (Lipinski definition) is 3. The lowest BCUT2D eigenvalue weighted by atomic mass is 10.1. The second kappa shape index (κ2) is 6.35. The first kappa shape index (κ1) is 15.0. The Hall–Kier alpha value is -2.43. The van der Waals surface area contributed by atoms with Crippen molar-refractivity contribution >= 4 is 11.4 Å². The molecule has 0 bridgehead atoms. The maximum absolute atomic E-state index is 13.7. The molecule has 0 saturated heterocycles. The van der Waals surface area contributed by atoms with Gasteiger partial charge in [-0.15, -0.1) is 0 Å². The van der Waals surface area contributed by atoms with Crippen LogP contribution in [-0.4, -0.2) is 11.5 Å². The summed E-state index contributed by atoms with van der Waals surface area (Å²) in [5, 5.41) is 10.6. The van der Waals surface area contributed by atoms with Gasteiger partial charge >= 0.3 is 5.69 Å². The van der Waals surface area contributed by atoms with E-state index in [2.05, 4.69) is 4.90 Å². The van der Waals surface area contributed by atoms with Crippen LogP contribution in [0.15, 0.2) is 42.5 Å². The number of nitro benzene ring substituents is 1. The lowest BCUT2D eigenvalue weighted by Gasteiger charge is -2.25. The SMILES string of the molecule is CCN(Cc1ccc([N+](=O)[O-])c(F)c1)c1ccccc1C. The highest BCUT2D eigenvalue weighted by molar-refractivity contribution is 5.53. The summed E-state index contributed by atoms with van der Waals surface area (Å²) < 4.78 is 13.7. The third-order valence-electron chi connectivity index (χ3n) is 3.42. The zero-order chi connectivity index (χ0) is 15.4. The predicted molar refractivity (Wildman–Crippen MR) is 81.0 cm³/mol. The molecule has 2 rings (SSSR count). The molecular formula is C16H17FN2O2. The predicted octanol–water partition coefficient (Wildman–Crippen LogP) is 4.07. The Morgan fingerprint density at radius 1 is 1.24 bits per heavy atom. The van der Waals surface area contributed by atoms with E-state index in [0.29, 0.717) is 12.1 Å². The molecule has 21 heavy (non-hydrogen) atoms. The number of nitro groups is 1. The van der Waals surface area contributed by atoms with E-state index in [1.165, 1.54) is 12.1 Å². The van der Waals surface area contributed by atoms with Crippen LogP contribution in [-0.2, 0) is 6.54 Å².